The SMILES string of the molecule is C[C@]1(c2ccc(-c3noc(-c4ccoc4)n3)cc2)NC(=O)NC1=O. The lowest BCUT2D eigenvalue weighted by Gasteiger charge is -2.20. The predicted molar refractivity (Wildman–Crippen MR) is 81.5 cm³/mol. The smallest absolute Gasteiger partial charge is 0.322 e. The number of aromatic nitrogens is 2. The van der Waals surface area contributed by atoms with Crippen LogP contribution in [0.4, 0.5) is 4.79 Å². The van der Waals surface area contributed by atoms with Gasteiger partial charge in [-0.3, -0.25) is 10.1 Å². The molecule has 0 unspecified atom stereocenters. The predicted octanol–water partition coefficient (Wildman–Crippen LogP) is 2.05. The zero-order valence-corrected chi connectivity index (χ0v) is 12.6. The topological polar surface area (TPSA) is 110 Å². The van der Waals surface area contributed by atoms with Crippen molar-refractivity contribution in [3.05, 3.63) is 48.4 Å². The number of rotatable bonds is 3. The molecular formula is C16H12N4O4. The Morgan fingerprint density at radius 1 is 1.08 bits per heavy atom. The zero-order valence-electron chi connectivity index (χ0n) is 12.6. The van der Waals surface area contributed by atoms with E-state index in [1.54, 1.807) is 37.3 Å². The first-order chi connectivity index (χ1) is 11.6. The summed E-state index contributed by atoms with van der Waals surface area (Å²) in [6.45, 7) is 1.65. The van der Waals surface area contributed by atoms with E-state index in [4.69, 9.17) is 8.94 Å². The van der Waals surface area contributed by atoms with Gasteiger partial charge < -0.3 is 14.3 Å². The zero-order chi connectivity index (χ0) is 16.7. The van der Waals surface area contributed by atoms with E-state index in [2.05, 4.69) is 20.8 Å². The van der Waals surface area contributed by atoms with Crippen LogP contribution in [0.1, 0.15) is 12.5 Å². The van der Waals surface area contributed by atoms with Gasteiger partial charge in [-0.05, 0) is 18.6 Å². The largest absolute Gasteiger partial charge is 0.472 e. The van der Waals surface area contributed by atoms with Gasteiger partial charge in [0.15, 0.2) is 0 Å². The molecule has 3 aromatic rings. The average molecular weight is 324 g/mol. The summed E-state index contributed by atoms with van der Waals surface area (Å²) in [5, 5.41) is 8.79. The quantitative estimate of drug-likeness (QED) is 0.713. The van der Waals surface area contributed by atoms with E-state index in [1.165, 1.54) is 12.5 Å². The van der Waals surface area contributed by atoms with Gasteiger partial charge >= 0.3 is 6.03 Å². The van der Waals surface area contributed by atoms with Gasteiger partial charge in [-0.1, -0.05) is 29.4 Å². The Labute approximate surface area is 135 Å². The standard InChI is InChI=1S/C16H12N4O4/c1-16(14(21)18-15(22)19-16)11-4-2-9(3-5-11)12-17-13(24-20-12)10-6-7-23-8-10/h2-8H,1H3,(H2,18,19,21,22)/t16-/m1/s1. The van der Waals surface area contributed by atoms with Crippen LogP contribution < -0.4 is 10.6 Å². The minimum atomic E-state index is -1.09. The van der Waals surface area contributed by atoms with Crippen molar-refractivity contribution in [2.75, 3.05) is 0 Å². The van der Waals surface area contributed by atoms with E-state index < -0.39 is 11.6 Å². The molecule has 8 heteroatoms. The summed E-state index contributed by atoms with van der Waals surface area (Å²) < 4.78 is 10.2. The van der Waals surface area contributed by atoms with Crippen LogP contribution in [0.15, 0.2) is 51.8 Å². The number of nitrogens with one attached hydrogen (secondary N) is 2. The molecule has 0 radical (unpaired) electrons. The lowest BCUT2D eigenvalue weighted by molar-refractivity contribution is -0.123. The van der Waals surface area contributed by atoms with Gasteiger partial charge in [0.2, 0.25) is 5.82 Å². The van der Waals surface area contributed by atoms with E-state index in [1.807, 2.05) is 0 Å². The molecule has 1 atom stereocenters. The second-order valence-corrected chi connectivity index (χ2v) is 5.55. The van der Waals surface area contributed by atoms with Crippen LogP contribution in [0.3, 0.4) is 0 Å². The molecule has 0 spiro atoms. The van der Waals surface area contributed by atoms with Gasteiger partial charge in [0.1, 0.15) is 11.8 Å². The number of carbonyl (C=O) groups excluding carboxylic acids is 2. The maximum Gasteiger partial charge on any atom is 0.322 e. The van der Waals surface area contributed by atoms with Gasteiger partial charge in [0.25, 0.3) is 11.8 Å². The van der Waals surface area contributed by atoms with Gasteiger partial charge in [-0.2, -0.15) is 4.98 Å². The van der Waals surface area contributed by atoms with Crippen molar-refractivity contribution in [3.63, 3.8) is 0 Å². The number of urea groups is 1. The summed E-state index contributed by atoms with van der Waals surface area (Å²) in [4.78, 5) is 27.6. The van der Waals surface area contributed by atoms with Crippen LogP contribution in [-0.4, -0.2) is 22.1 Å². The van der Waals surface area contributed by atoms with Gasteiger partial charge in [0, 0.05) is 5.56 Å². The second kappa shape index (κ2) is 5.05. The van der Waals surface area contributed by atoms with E-state index in [0.717, 1.165) is 5.56 Å². The molecule has 2 aromatic heterocycles. The van der Waals surface area contributed by atoms with Crippen molar-refractivity contribution in [2.24, 2.45) is 0 Å². The third kappa shape index (κ3) is 2.16. The summed E-state index contributed by atoms with van der Waals surface area (Å²) >= 11 is 0. The van der Waals surface area contributed by atoms with E-state index in [-0.39, 0.29) is 5.91 Å². The van der Waals surface area contributed by atoms with E-state index in [9.17, 15) is 9.59 Å². The first-order valence-corrected chi connectivity index (χ1v) is 7.17. The minimum Gasteiger partial charge on any atom is -0.472 e. The number of benzene rings is 1. The summed E-state index contributed by atoms with van der Waals surface area (Å²) in [6.07, 6.45) is 3.04. The van der Waals surface area contributed by atoms with Gasteiger partial charge in [-0.25, -0.2) is 4.79 Å². The molecular weight excluding hydrogens is 312 g/mol. The van der Waals surface area contributed by atoms with Gasteiger partial charge in [-0.15, -0.1) is 0 Å². The molecule has 0 saturated carbocycles. The molecule has 1 aliphatic heterocycles. The maximum atomic E-state index is 12.0. The van der Waals surface area contributed by atoms with Crippen molar-refractivity contribution < 1.29 is 18.5 Å². The Morgan fingerprint density at radius 3 is 2.50 bits per heavy atom. The third-order valence-corrected chi connectivity index (χ3v) is 3.96. The number of imide groups is 1. The molecule has 1 fully saturated rings. The number of amides is 3. The summed E-state index contributed by atoms with van der Waals surface area (Å²) in [6, 6.07) is 8.24. The number of hydrogen-bond donors (Lipinski definition) is 2. The van der Waals surface area contributed by atoms with Crippen LogP contribution in [0.25, 0.3) is 22.8 Å². The molecule has 1 saturated heterocycles. The number of hydrogen-bond acceptors (Lipinski definition) is 6. The highest BCUT2D eigenvalue weighted by atomic mass is 16.5. The van der Waals surface area contributed by atoms with E-state index in [0.29, 0.717) is 22.8 Å². The molecule has 24 heavy (non-hydrogen) atoms. The normalized spacial score (nSPS) is 20.0. The Bertz CT molecular complexity index is 914. The average Bonchev–Trinajstić information content (AvgIpc) is 3.29. The molecule has 0 bridgehead atoms. The second-order valence-electron chi connectivity index (χ2n) is 5.55. The van der Waals surface area contributed by atoms with Crippen molar-refractivity contribution in [1.29, 1.82) is 0 Å². The third-order valence-electron chi connectivity index (χ3n) is 3.96. The van der Waals surface area contributed by atoms with Crippen molar-refractivity contribution in [1.82, 2.24) is 20.8 Å². The summed E-state index contributed by atoms with van der Waals surface area (Å²) in [5.41, 5.74) is 0.997. The van der Waals surface area contributed by atoms with Crippen LogP contribution >= 0.6 is 0 Å². The first kappa shape index (κ1) is 14.2. The minimum absolute atomic E-state index is 0.359. The molecule has 4 rings (SSSR count). The highest BCUT2D eigenvalue weighted by Gasteiger charge is 2.43. The fourth-order valence-electron chi connectivity index (χ4n) is 2.54. The number of nitrogens with zero attached hydrogens (tertiary/aromatic N) is 2. The van der Waals surface area contributed by atoms with Gasteiger partial charge in [0.05, 0.1) is 11.8 Å². The van der Waals surface area contributed by atoms with E-state index >= 15 is 0 Å². The van der Waals surface area contributed by atoms with Crippen molar-refractivity contribution in [2.45, 2.75) is 12.5 Å². The fourth-order valence-corrected chi connectivity index (χ4v) is 2.54. The monoisotopic (exact) mass is 324 g/mol. The lowest BCUT2D eigenvalue weighted by Crippen LogP contribution is -2.40. The molecule has 8 nitrogen and oxygen atoms in total. The molecule has 1 aliphatic rings. The molecule has 3 amide bonds. The number of carbonyl (C=O) groups is 2. The maximum absolute atomic E-state index is 12.0. The highest BCUT2D eigenvalue weighted by molar-refractivity contribution is 6.07. The fraction of sp³-hybridized carbons (Fsp3) is 0.125. The first-order valence-electron chi connectivity index (χ1n) is 7.17. The summed E-state index contributed by atoms with van der Waals surface area (Å²) in [5.74, 6) is 0.391. The van der Waals surface area contributed by atoms with Crippen molar-refractivity contribution in [3.8, 4) is 22.8 Å². The Kier molecular flexibility index (Phi) is 2.99. The Balaban J connectivity index is 1.63. The van der Waals surface area contributed by atoms with Crippen LogP contribution in [0.2, 0.25) is 0 Å². The lowest BCUT2D eigenvalue weighted by atomic mass is 9.91. The molecule has 0 aliphatic carbocycles. The molecule has 120 valence electrons. The van der Waals surface area contributed by atoms with Crippen LogP contribution in [0.5, 0.6) is 0 Å². The molecule has 1 aromatic carbocycles. The highest BCUT2D eigenvalue weighted by Crippen LogP contribution is 2.27. The van der Waals surface area contributed by atoms with Crippen molar-refractivity contribution >= 4 is 11.9 Å². The Hall–Kier alpha value is -3.42. The Morgan fingerprint density at radius 2 is 1.88 bits per heavy atom. The van der Waals surface area contributed by atoms with Crippen LogP contribution in [-0.2, 0) is 10.3 Å². The summed E-state index contributed by atoms with van der Waals surface area (Å²) in [7, 11) is 0. The molecule has 3 heterocycles. The number of furan rings is 1. The van der Waals surface area contributed by atoms with Crippen LogP contribution in [0, 0.1) is 0 Å². The molecule has 2 N–H and O–H groups in total.